The topological polar surface area (TPSA) is 96.8 Å². The third-order valence-corrected chi connectivity index (χ3v) is 6.80. The number of amides is 1. The number of nitrogens with zero attached hydrogens (tertiary/aromatic N) is 4. The van der Waals surface area contributed by atoms with Crippen molar-refractivity contribution in [3.63, 3.8) is 0 Å². The molecule has 10 heteroatoms. The number of carbonyl (C=O) groups is 1. The standard InChI is InChI=1S/C25H31Cl2N7O/c1-2-29-25-32-22(14-23(33-25)34-11-10-28-16-34)31-21(12-17-6-4-3-5-7-17)24(35)30-15-18-8-9-19(26)13-20(18)27/h8-11,13-14,16-17,21H,2-7,12,15H2,1H3,(H,30,35)(H2,29,31,32,33). The molecule has 3 N–H and O–H groups in total. The van der Waals surface area contributed by atoms with E-state index in [0.29, 0.717) is 46.6 Å². The van der Waals surface area contributed by atoms with Crippen molar-refractivity contribution in [2.45, 2.75) is 58.0 Å². The maximum absolute atomic E-state index is 13.4. The van der Waals surface area contributed by atoms with Crippen LogP contribution in [-0.2, 0) is 11.3 Å². The van der Waals surface area contributed by atoms with Gasteiger partial charge in [-0.2, -0.15) is 9.97 Å². The first-order valence-corrected chi connectivity index (χ1v) is 12.9. The van der Waals surface area contributed by atoms with Crippen LogP contribution in [0.2, 0.25) is 10.0 Å². The first-order chi connectivity index (χ1) is 17.0. The van der Waals surface area contributed by atoms with Gasteiger partial charge < -0.3 is 16.0 Å². The number of imidazole rings is 1. The second-order valence-electron chi connectivity index (χ2n) is 8.83. The molecule has 1 fully saturated rings. The van der Waals surface area contributed by atoms with E-state index in [4.69, 9.17) is 23.2 Å². The van der Waals surface area contributed by atoms with Gasteiger partial charge in [-0.15, -0.1) is 0 Å². The zero-order valence-electron chi connectivity index (χ0n) is 19.8. The number of hydrogen-bond donors (Lipinski definition) is 3. The molecule has 1 saturated carbocycles. The molecule has 2 aromatic heterocycles. The van der Waals surface area contributed by atoms with E-state index in [1.165, 1.54) is 19.3 Å². The van der Waals surface area contributed by atoms with E-state index in [0.717, 1.165) is 24.8 Å². The van der Waals surface area contributed by atoms with E-state index >= 15 is 0 Å². The van der Waals surface area contributed by atoms with E-state index < -0.39 is 6.04 Å². The Kier molecular flexibility index (Phi) is 8.82. The Morgan fingerprint density at radius 1 is 1.17 bits per heavy atom. The van der Waals surface area contributed by atoms with Crippen molar-refractivity contribution < 1.29 is 4.79 Å². The number of anilines is 2. The monoisotopic (exact) mass is 515 g/mol. The normalized spacial score (nSPS) is 14.9. The van der Waals surface area contributed by atoms with Gasteiger partial charge in [-0.3, -0.25) is 9.36 Å². The van der Waals surface area contributed by atoms with Gasteiger partial charge in [0.25, 0.3) is 0 Å². The lowest BCUT2D eigenvalue weighted by Gasteiger charge is -2.27. The summed E-state index contributed by atoms with van der Waals surface area (Å²) in [6.45, 7) is 2.99. The van der Waals surface area contributed by atoms with Crippen molar-refractivity contribution in [2.75, 3.05) is 17.2 Å². The molecule has 0 spiro atoms. The van der Waals surface area contributed by atoms with Crippen LogP contribution in [-0.4, -0.2) is 38.0 Å². The van der Waals surface area contributed by atoms with Crippen LogP contribution in [0.4, 0.5) is 11.8 Å². The van der Waals surface area contributed by atoms with E-state index in [1.807, 2.05) is 29.8 Å². The lowest BCUT2D eigenvalue weighted by molar-refractivity contribution is -0.122. The Morgan fingerprint density at radius 2 is 2.00 bits per heavy atom. The first kappa shape index (κ1) is 25.3. The molecule has 4 rings (SSSR count). The van der Waals surface area contributed by atoms with E-state index in [1.54, 1.807) is 24.7 Å². The van der Waals surface area contributed by atoms with Crippen molar-refractivity contribution in [3.8, 4) is 5.82 Å². The summed E-state index contributed by atoms with van der Waals surface area (Å²) in [6, 6.07) is 6.68. The third-order valence-electron chi connectivity index (χ3n) is 6.22. The molecule has 1 unspecified atom stereocenters. The van der Waals surface area contributed by atoms with E-state index in [9.17, 15) is 4.79 Å². The van der Waals surface area contributed by atoms with Crippen molar-refractivity contribution in [2.24, 2.45) is 5.92 Å². The van der Waals surface area contributed by atoms with Gasteiger partial charge in [0, 0.05) is 41.6 Å². The zero-order chi connectivity index (χ0) is 24.6. The molecule has 186 valence electrons. The Bertz CT molecular complexity index is 1120. The molecule has 0 aliphatic heterocycles. The fourth-order valence-electron chi connectivity index (χ4n) is 4.41. The second kappa shape index (κ2) is 12.2. The molecule has 1 aliphatic rings. The predicted octanol–water partition coefficient (Wildman–Crippen LogP) is 5.47. The Morgan fingerprint density at radius 3 is 2.71 bits per heavy atom. The smallest absolute Gasteiger partial charge is 0.242 e. The molecular weight excluding hydrogens is 485 g/mol. The summed E-state index contributed by atoms with van der Waals surface area (Å²) in [6.07, 6.45) is 11.9. The fraction of sp³-hybridized carbons (Fsp3) is 0.440. The van der Waals surface area contributed by atoms with Crippen LogP contribution < -0.4 is 16.0 Å². The van der Waals surface area contributed by atoms with Crippen molar-refractivity contribution in [1.29, 1.82) is 0 Å². The Hall–Kier alpha value is -2.84. The summed E-state index contributed by atoms with van der Waals surface area (Å²) in [5.41, 5.74) is 0.819. The van der Waals surface area contributed by atoms with E-state index in [2.05, 4.69) is 30.9 Å². The summed E-state index contributed by atoms with van der Waals surface area (Å²) in [4.78, 5) is 26.7. The van der Waals surface area contributed by atoms with Gasteiger partial charge >= 0.3 is 0 Å². The lowest BCUT2D eigenvalue weighted by Crippen LogP contribution is -2.41. The first-order valence-electron chi connectivity index (χ1n) is 12.1. The summed E-state index contributed by atoms with van der Waals surface area (Å²) in [7, 11) is 0. The van der Waals surface area contributed by atoms with Crippen LogP contribution >= 0.6 is 23.2 Å². The molecule has 0 bridgehead atoms. The van der Waals surface area contributed by atoms with Gasteiger partial charge in [0.15, 0.2) is 0 Å². The molecule has 1 atom stereocenters. The largest absolute Gasteiger partial charge is 0.358 e. The average Bonchev–Trinajstić information content (AvgIpc) is 3.39. The molecule has 0 saturated heterocycles. The fourth-order valence-corrected chi connectivity index (χ4v) is 4.88. The Labute approximate surface area is 215 Å². The summed E-state index contributed by atoms with van der Waals surface area (Å²) < 4.78 is 1.81. The molecular formula is C25H31Cl2N7O. The second-order valence-corrected chi connectivity index (χ2v) is 9.67. The highest BCUT2D eigenvalue weighted by molar-refractivity contribution is 6.35. The molecule has 1 aliphatic carbocycles. The zero-order valence-corrected chi connectivity index (χ0v) is 21.3. The van der Waals surface area contributed by atoms with Gasteiger partial charge in [0.05, 0.1) is 0 Å². The summed E-state index contributed by atoms with van der Waals surface area (Å²) >= 11 is 12.3. The molecule has 0 radical (unpaired) electrons. The quantitative estimate of drug-likeness (QED) is 0.331. The number of benzene rings is 1. The van der Waals surface area contributed by atoms with Gasteiger partial charge in [-0.25, -0.2) is 4.98 Å². The van der Waals surface area contributed by atoms with Gasteiger partial charge in [-0.1, -0.05) is 61.4 Å². The van der Waals surface area contributed by atoms with Crippen LogP contribution in [0.25, 0.3) is 5.82 Å². The highest BCUT2D eigenvalue weighted by Crippen LogP contribution is 2.29. The SMILES string of the molecule is CCNc1nc(NC(CC2CCCCC2)C(=O)NCc2ccc(Cl)cc2Cl)cc(-n2ccnc2)n1. The van der Waals surface area contributed by atoms with Crippen LogP contribution in [0.1, 0.15) is 51.0 Å². The van der Waals surface area contributed by atoms with Gasteiger partial charge in [-0.05, 0) is 37.0 Å². The van der Waals surface area contributed by atoms with E-state index in [-0.39, 0.29) is 5.91 Å². The number of halogens is 2. The maximum atomic E-state index is 13.4. The number of aromatic nitrogens is 4. The molecule has 35 heavy (non-hydrogen) atoms. The van der Waals surface area contributed by atoms with Crippen LogP contribution in [0.5, 0.6) is 0 Å². The van der Waals surface area contributed by atoms with Crippen LogP contribution in [0, 0.1) is 5.92 Å². The van der Waals surface area contributed by atoms with Crippen LogP contribution in [0.15, 0.2) is 43.0 Å². The van der Waals surface area contributed by atoms with Crippen LogP contribution in [0.3, 0.4) is 0 Å². The molecule has 8 nitrogen and oxygen atoms in total. The maximum Gasteiger partial charge on any atom is 0.242 e. The number of carbonyl (C=O) groups excluding carboxylic acids is 1. The summed E-state index contributed by atoms with van der Waals surface area (Å²) in [5.74, 6) is 2.15. The third kappa shape index (κ3) is 7.08. The van der Waals surface area contributed by atoms with Crippen molar-refractivity contribution in [1.82, 2.24) is 24.8 Å². The number of rotatable bonds is 10. The highest BCUT2D eigenvalue weighted by Gasteiger charge is 2.25. The van der Waals surface area contributed by atoms with Crippen molar-refractivity contribution in [3.05, 3.63) is 58.6 Å². The van der Waals surface area contributed by atoms with Crippen molar-refractivity contribution >= 4 is 40.9 Å². The molecule has 3 aromatic rings. The molecule has 2 heterocycles. The summed E-state index contributed by atoms with van der Waals surface area (Å²) in [5, 5.41) is 10.7. The minimum Gasteiger partial charge on any atom is -0.358 e. The van der Waals surface area contributed by atoms with Gasteiger partial charge in [0.2, 0.25) is 11.9 Å². The lowest BCUT2D eigenvalue weighted by atomic mass is 9.84. The molecule has 1 aromatic carbocycles. The van der Waals surface area contributed by atoms with Gasteiger partial charge in [0.1, 0.15) is 24.0 Å². The number of nitrogens with one attached hydrogen (secondary N) is 3. The number of hydrogen-bond acceptors (Lipinski definition) is 6. The highest BCUT2D eigenvalue weighted by atomic mass is 35.5. The minimum absolute atomic E-state index is 0.0885. The Balaban J connectivity index is 1.54. The molecule has 1 amide bonds. The average molecular weight is 516 g/mol. The minimum atomic E-state index is -0.441. The predicted molar refractivity (Wildman–Crippen MR) is 140 cm³/mol.